The van der Waals surface area contributed by atoms with Gasteiger partial charge in [0.15, 0.2) is 0 Å². The SMILES string of the molecule is COCCCNC(=O)CSc1nnnn1CC(=O)O. The summed E-state index contributed by atoms with van der Waals surface area (Å²) in [5.74, 6) is -1.07. The first-order valence-electron chi connectivity index (χ1n) is 5.50. The van der Waals surface area contributed by atoms with E-state index in [0.717, 1.165) is 22.9 Å². The van der Waals surface area contributed by atoms with Gasteiger partial charge >= 0.3 is 5.97 Å². The molecule has 1 aromatic heterocycles. The van der Waals surface area contributed by atoms with Crippen LogP contribution < -0.4 is 5.32 Å². The lowest BCUT2D eigenvalue weighted by molar-refractivity contribution is -0.138. The summed E-state index contributed by atoms with van der Waals surface area (Å²) in [5.41, 5.74) is 0. The molecular formula is C9H15N5O4S. The number of nitrogens with one attached hydrogen (secondary N) is 1. The summed E-state index contributed by atoms with van der Waals surface area (Å²) in [5, 5.41) is 22.2. The van der Waals surface area contributed by atoms with Crippen LogP contribution in [0.2, 0.25) is 0 Å². The van der Waals surface area contributed by atoms with Gasteiger partial charge in [-0.05, 0) is 16.8 Å². The number of ether oxygens (including phenoxy) is 1. The molecule has 0 unspecified atom stereocenters. The zero-order valence-electron chi connectivity index (χ0n) is 10.4. The molecule has 0 saturated carbocycles. The molecule has 1 aromatic rings. The predicted molar refractivity (Wildman–Crippen MR) is 65.7 cm³/mol. The van der Waals surface area contributed by atoms with Crippen LogP contribution in [0.25, 0.3) is 0 Å². The van der Waals surface area contributed by atoms with Gasteiger partial charge in [-0.1, -0.05) is 11.8 Å². The number of amides is 1. The first-order chi connectivity index (χ1) is 9.13. The van der Waals surface area contributed by atoms with E-state index in [0.29, 0.717) is 18.3 Å². The van der Waals surface area contributed by atoms with E-state index in [1.54, 1.807) is 7.11 Å². The molecule has 0 saturated heterocycles. The van der Waals surface area contributed by atoms with Crippen LogP contribution in [0.15, 0.2) is 5.16 Å². The molecule has 0 bridgehead atoms. The molecule has 0 aliphatic heterocycles. The smallest absolute Gasteiger partial charge is 0.325 e. The van der Waals surface area contributed by atoms with E-state index >= 15 is 0 Å². The quantitative estimate of drug-likeness (QED) is 0.439. The Labute approximate surface area is 113 Å². The summed E-state index contributed by atoms with van der Waals surface area (Å²) in [6, 6.07) is 0. The van der Waals surface area contributed by atoms with Crippen molar-refractivity contribution in [3.63, 3.8) is 0 Å². The van der Waals surface area contributed by atoms with Crippen molar-refractivity contribution in [3.05, 3.63) is 0 Å². The largest absolute Gasteiger partial charge is 0.480 e. The molecule has 2 N–H and O–H groups in total. The second-order valence-electron chi connectivity index (χ2n) is 3.50. The average molecular weight is 289 g/mol. The van der Waals surface area contributed by atoms with Gasteiger partial charge in [0.25, 0.3) is 0 Å². The Balaban J connectivity index is 2.30. The molecule has 9 nitrogen and oxygen atoms in total. The predicted octanol–water partition coefficient (Wildman–Crippen LogP) is -0.997. The van der Waals surface area contributed by atoms with E-state index < -0.39 is 5.97 Å². The molecule has 106 valence electrons. The van der Waals surface area contributed by atoms with Crippen molar-refractivity contribution >= 4 is 23.6 Å². The van der Waals surface area contributed by atoms with E-state index in [-0.39, 0.29) is 18.2 Å². The molecule has 0 fully saturated rings. The number of carboxylic acids is 1. The van der Waals surface area contributed by atoms with Gasteiger partial charge < -0.3 is 15.2 Å². The highest BCUT2D eigenvalue weighted by atomic mass is 32.2. The average Bonchev–Trinajstić information content (AvgIpc) is 2.78. The van der Waals surface area contributed by atoms with Crippen LogP contribution in [0.1, 0.15) is 6.42 Å². The van der Waals surface area contributed by atoms with Crippen LogP contribution in [-0.4, -0.2) is 63.2 Å². The van der Waals surface area contributed by atoms with Crippen molar-refractivity contribution in [2.45, 2.75) is 18.1 Å². The van der Waals surface area contributed by atoms with Crippen LogP contribution in [0.4, 0.5) is 0 Å². The molecule has 10 heteroatoms. The Morgan fingerprint density at radius 3 is 3.00 bits per heavy atom. The van der Waals surface area contributed by atoms with E-state index in [9.17, 15) is 9.59 Å². The Kier molecular flexibility index (Phi) is 6.82. The van der Waals surface area contributed by atoms with Crippen LogP contribution in [-0.2, 0) is 20.9 Å². The number of nitrogens with zero attached hydrogens (tertiary/aromatic N) is 4. The number of carboxylic acid groups (broad SMARTS) is 1. The van der Waals surface area contributed by atoms with E-state index in [1.165, 1.54) is 0 Å². The summed E-state index contributed by atoms with van der Waals surface area (Å²) in [4.78, 5) is 22.0. The summed E-state index contributed by atoms with van der Waals surface area (Å²) in [6.07, 6.45) is 0.740. The number of thioether (sulfide) groups is 1. The number of carbonyl (C=O) groups excluding carboxylic acids is 1. The lowest BCUT2D eigenvalue weighted by Gasteiger charge is -2.04. The van der Waals surface area contributed by atoms with Gasteiger partial charge in [0.1, 0.15) is 6.54 Å². The van der Waals surface area contributed by atoms with Crippen molar-refractivity contribution in [3.8, 4) is 0 Å². The van der Waals surface area contributed by atoms with Crippen LogP contribution in [0.3, 0.4) is 0 Å². The number of carbonyl (C=O) groups is 2. The molecule has 0 spiro atoms. The Hall–Kier alpha value is -1.68. The zero-order valence-corrected chi connectivity index (χ0v) is 11.2. The molecule has 0 aliphatic rings. The van der Waals surface area contributed by atoms with Crippen molar-refractivity contribution < 1.29 is 19.4 Å². The fourth-order valence-corrected chi connectivity index (χ4v) is 1.86. The van der Waals surface area contributed by atoms with E-state index in [2.05, 4.69) is 20.8 Å². The summed E-state index contributed by atoms with van der Waals surface area (Å²) in [7, 11) is 1.60. The molecule has 0 radical (unpaired) electrons. The molecule has 0 aromatic carbocycles. The van der Waals surface area contributed by atoms with Gasteiger partial charge in [0.2, 0.25) is 11.1 Å². The van der Waals surface area contributed by atoms with Crippen molar-refractivity contribution in [1.82, 2.24) is 25.5 Å². The maximum atomic E-state index is 11.5. The van der Waals surface area contributed by atoms with Crippen molar-refractivity contribution in [2.75, 3.05) is 26.0 Å². The molecular weight excluding hydrogens is 274 g/mol. The summed E-state index contributed by atoms with van der Waals surface area (Å²) >= 11 is 1.09. The maximum absolute atomic E-state index is 11.5. The first-order valence-corrected chi connectivity index (χ1v) is 6.48. The minimum absolute atomic E-state index is 0.132. The molecule has 0 aliphatic carbocycles. The van der Waals surface area contributed by atoms with E-state index in [1.807, 2.05) is 0 Å². The number of tetrazole rings is 1. The third-order valence-electron chi connectivity index (χ3n) is 1.96. The first kappa shape index (κ1) is 15.4. The minimum Gasteiger partial charge on any atom is -0.480 e. The number of hydrogen-bond acceptors (Lipinski definition) is 7. The second-order valence-corrected chi connectivity index (χ2v) is 4.44. The fourth-order valence-electron chi connectivity index (χ4n) is 1.15. The molecule has 1 heterocycles. The summed E-state index contributed by atoms with van der Waals surface area (Å²) < 4.78 is 5.98. The molecule has 0 atom stereocenters. The van der Waals surface area contributed by atoms with Gasteiger partial charge in [-0.3, -0.25) is 9.59 Å². The Morgan fingerprint density at radius 1 is 1.53 bits per heavy atom. The normalized spacial score (nSPS) is 10.4. The highest BCUT2D eigenvalue weighted by Gasteiger charge is 2.11. The zero-order chi connectivity index (χ0) is 14.1. The highest BCUT2D eigenvalue weighted by Crippen LogP contribution is 2.12. The number of rotatable bonds is 9. The van der Waals surface area contributed by atoms with E-state index in [4.69, 9.17) is 9.84 Å². The van der Waals surface area contributed by atoms with Crippen LogP contribution >= 0.6 is 11.8 Å². The van der Waals surface area contributed by atoms with Gasteiger partial charge in [0.05, 0.1) is 5.75 Å². The number of methoxy groups -OCH3 is 1. The number of hydrogen-bond donors (Lipinski definition) is 2. The lowest BCUT2D eigenvalue weighted by Crippen LogP contribution is -2.27. The summed E-state index contributed by atoms with van der Waals surface area (Å²) in [6.45, 7) is 0.794. The van der Waals surface area contributed by atoms with Gasteiger partial charge in [0, 0.05) is 20.3 Å². The van der Waals surface area contributed by atoms with Gasteiger partial charge in [-0.15, -0.1) is 5.10 Å². The Bertz CT molecular complexity index is 424. The standard InChI is InChI=1S/C9H15N5O4S/c1-18-4-2-3-10-7(15)6-19-9-11-12-13-14(9)5-8(16)17/h2-6H2,1H3,(H,10,15)(H,16,17). The van der Waals surface area contributed by atoms with Crippen molar-refractivity contribution in [1.29, 1.82) is 0 Å². The van der Waals surface area contributed by atoms with Crippen LogP contribution in [0.5, 0.6) is 0 Å². The second kappa shape index (κ2) is 8.43. The van der Waals surface area contributed by atoms with Gasteiger partial charge in [-0.25, -0.2) is 4.68 Å². The maximum Gasteiger partial charge on any atom is 0.325 e. The third kappa shape index (κ3) is 6.15. The molecule has 1 rings (SSSR count). The molecule has 1 amide bonds. The lowest BCUT2D eigenvalue weighted by atomic mass is 10.4. The van der Waals surface area contributed by atoms with Crippen molar-refractivity contribution in [2.24, 2.45) is 0 Å². The minimum atomic E-state index is -1.04. The fraction of sp³-hybridized carbons (Fsp3) is 0.667. The Morgan fingerprint density at radius 2 is 2.32 bits per heavy atom. The topological polar surface area (TPSA) is 119 Å². The van der Waals surface area contributed by atoms with Gasteiger partial charge in [-0.2, -0.15) is 0 Å². The molecule has 19 heavy (non-hydrogen) atoms. The number of aliphatic carboxylic acids is 1. The highest BCUT2D eigenvalue weighted by molar-refractivity contribution is 7.99. The third-order valence-corrected chi connectivity index (χ3v) is 2.92. The number of aromatic nitrogens is 4. The monoisotopic (exact) mass is 289 g/mol. The van der Waals surface area contributed by atoms with Crippen LogP contribution in [0, 0.1) is 0 Å².